The molecule has 2 saturated heterocycles. The van der Waals surface area contributed by atoms with Gasteiger partial charge in [0.25, 0.3) is 0 Å². The van der Waals surface area contributed by atoms with Crippen LogP contribution in [0.3, 0.4) is 0 Å². The quantitative estimate of drug-likeness (QED) is 0.466. The Morgan fingerprint density at radius 3 is 2.54 bits per heavy atom. The number of aromatic amines is 1. The Bertz CT molecular complexity index is 1350. The molecule has 0 saturated carbocycles. The van der Waals surface area contributed by atoms with Crippen molar-refractivity contribution < 1.29 is 18.7 Å². The van der Waals surface area contributed by atoms with Crippen LogP contribution in [0.5, 0.6) is 0 Å². The average molecular weight is 534 g/mol. The second-order valence-corrected chi connectivity index (χ2v) is 10.3. The highest BCUT2D eigenvalue weighted by molar-refractivity contribution is 5.83. The molecule has 2 fully saturated rings. The first-order valence-corrected chi connectivity index (χ1v) is 12.9. The number of hydrogen-bond donors (Lipinski definition) is 2. The summed E-state index contributed by atoms with van der Waals surface area (Å²) in [6, 6.07) is 7.52. The van der Waals surface area contributed by atoms with Crippen molar-refractivity contribution in [3.63, 3.8) is 0 Å². The molecule has 4 heterocycles. The third kappa shape index (κ3) is 5.78. The fourth-order valence-corrected chi connectivity index (χ4v) is 4.59. The highest BCUT2D eigenvalue weighted by Gasteiger charge is 2.43. The molecular weight excluding hydrogens is 501 g/mol. The molecule has 1 aromatic carbocycles. The Hall–Kier alpha value is -3.85. The molecule has 0 radical (unpaired) electrons. The number of carbonyl (C=O) groups excluding carboxylic acids is 1. The van der Waals surface area contributed by atoms with E-state index >= 15 is 0 Å². The van der Waals surface area contributed by atoms with Crippen molar-refractivity contribution in [2.75, 3.05) is 51.8 Å². The molecule has 2 aliphatic rings. The lowest BCUT2D eigenvalue weighted by molar-refractivity contribution is -0.234. The van der Waals surface area contributed by atoms with Crippen molar-refractivity contribution >= 4 is 11.9 Å². The van der Waals surface area contributed by atoms with Crippen molar-refractivity contribution in [1.29, 1.82) is 0 Å². The number of H-pyrrole nitrogens is 1. The van der Waals surface area contributed by atoms with Gasteiger partial charge in [0.15, 0.2) is 5.82 Å². The largest absolute Gasteiger partial charge is 0.345 e. The maximum absolute atomic E-state index is 13.7. The standard InChI is InChI=1S/C28H32FN7O3/c1-5-18(2)31-27-30-11-10-21(32-27)23-22(19-6-8-20(29)9-7-19)33-24(34-23)25-38-16-28(3,17-39-25)26(37)36-14-12-35(4)13-15-36/h1,6-11,18,25H,12-17H2,2-4H3,(H,33,34)(H,30,31,32). The van der Waals surface area contributed by atoms with E-state index in [2.05, 4.69) is 38.1 Å². The number of ether oxygens (including phenoxy) is 2. The summed E-state index contributed by atoms with van der Waals surface area (Å²) in [4.78, 5) is 34.3. The second-order valence-electron chi connectivity index (χ2n) is 10.3. The summed E-state index contributed by atoms with van der Waals surface area (Å²) in [5.41, 5.74) is 1.59. The molecule has 1 atom stereocenters. The number of anilines is 1. The average Bonchev–Trinajstić information content (AvgIpc) is 3.39. The zero-order valence-corrected chi connectivity index (χ0v) is 22.3. The minimum atomic E-state index is -0.813. The molecule has 10 nitrogen and oxygen atoms in total. The number of aromatic nitrogens is 4. The van der Waals surface area contributed by atoms with Gasteiger partial charge in [-0.25, -0.2) is 19.3 Å². The molecule has 5 rings (SSSR count). The first kappa shape index (κ1) is 26.7. The van der Waals surface area contributed by atoms with E-state index < -0.39 is 11.7 Å². The number of halogens is 1. The Kier molecular flexibility index (Phi) is 7.61. The van der Waals surface area contributed by atoms with Crippen LogP contribution in [0.15, 0.2) is 36.5 Å². The topological polar surface area (TPSA) is 108 Å². The first-order chi connectivity index (χ1) is 18.8. The van der Waals surface area contributed by atoms with E-state index in [9.17, 15) is 9.18 Å². The van der Waals surface area contributed by atoms with Gasteiger partial charge in [-0.05, 0) is 51.2 Å². The molecule has 0 bridgehead atoms. The van der Waals surface area contributed by atoms with Crippen molar-refractivity contribution in [3.8, 4) is 35.0 Å². The third-order valence-electron chi connectivity index (χ3n) is 6.98. The molecular formula is C28H32FN7O3. The number of carbonyl (C=O) groups is 1. The van der Waals surface area contributed by atoms with E-state index in [0.717, 1.165) is 13.1 Å². The second kappa shape index (κ2) is 11.1. The van der Waals surface area contributed by atoms with Gasteiger partial charge < -0.3 is 29.6 Å². The Morgan fingerprint density at radius 1 is 1.18 bits per heavy atom. The number of benzene rings is 1. The van der Waals surface area contributed by atoms with Crippen molar-refractivity contribution in [1.82, 2.24) is 29.7 Å². The zero-order valence-electron chi connectivity index (χ0n) is 22.3. The van der Waals surface area contributed by atoms with E-state index in [1.54, 1.807) is 24.4 Å². The molecule has 11 heteroatoms. The van der Waals surface area contributed by atoms with Crippen LogP contribution >= 0.6 is 0 Å². The number of nitrogens with one attached hydrogen (secondary N) is 2. The van der Waals surface area contributed by atoms with E-state index in [-0.39, 0.29) is 31.0 Å². The molecule has 0 spiro atoms. The van der Waals surface area contributed by atoms with Gasteiger partial charge in [-0.1, -0.05) is 5.92 Å². The number of nitrogens with zero attached hydrogens (tertiary/aromatic N) is 5. The molecule has 1 unspecified atom stereocenters. The van der Waals surface area contributed by atoms with Crippen LogP contribution in [0.2, 0.25) is 0 Å². The summed E-state index contributed by atoms with van der Waals surface area (Å²) in [6.45, 7) is 7.14. The maximum Gasteiger partial charge on any atom is 0.233 e. The summed E-state index contributed by atoms with van der Waals surface area (Å²) < 4.78 is 25.8. The Morgan fingerprint density at radius 2 is 1.87 bits per heavy atom. The molecule has 39 heavy (non-hydrogen) atoms. The lowest BCUT2D eigenvalue weighted by atomic mass is 9.90. The Labute approximate surface area is 226 Å². The van der Waals surface area contributed by atoms with Crippen molar-refractivity contribution in [2.24, 2.45) is 5.41 Å². The van der Waals surface area contributed by atoms with Gasteiger partial charge in [0.1, 0.15) is 5.82 Å². The molecule has 2 N–H and O–H groups in total. The van der Waals surface area contributed by atoms with E-state index in [4.69, 9.17) is 20.9 Å². The Balaban J connectivity index is 1.40. The number of likely N-dealkylation sites (N-methyl/N-ethyl adjacent to an activating group) is 1. The number of rotatable bonds is 6. The van der Waals surface area contributed by atoms with Crippen LogP contribution in [-0.4, -0.2) is 88.1 Å². The summed E-state index contributed by atoms with van der Waals surface area (Å²) in [7, 11) is 2.05. The predicted molar refractivity (Wildman–Crippen MR) is 144 cm³/mol. The van der Waals surface area contributed by atoms with E-state index in [1.807, 2.05) is 18.7 Å². The normalized spacial score (nSPS) is 22.7. The van der Waals surface area contributed by atoms with Gasteiger partial charge in [-0.2, -0.15) is 0 Å². The number of hydrogen-bond acceptors (Lipinski definition) is 8. The minimum absolute atomic E-state index is 0.0309. The fourth-order valence-electron chi connectivity index (χ4n) is 4.59. The maximum atomic E-state index is 13.7. The number of amides is 1. The highest BCUT2D eigenvalue weighted by Crippen LogP contribution is 2.36. The summed E-state index contributed by atoms with van der Waals surface area (Å²) >= 11 is 0. The van der Waals surface area contributed by atoms with Crippen LogP contribution in [-0.2, 0) is 14.3 Å². The molecule has 1 amide bonds. The molecule has 2 aliphatic heterocycles. The SMILES string of the molecule is C#CC(C)Nc1nccc(-c2[nH]c(C3OCC(C)(C(=O)N4CCN(C)CC4)CO3)nc2-c2ccc(F)cc2)n1. The van der Waals surface area contributed by atoms with Gasteiger partial charge in [-0.15, -0.1) is 6.42 Å². The molecule has 2 aromatic heterocycles. The highest BCUT2D eigenvalue weighted by atomic mass is 19.1. The van der Waals surface area contributed by atoms with Gasteiger partial charge in [0.2, 0.25) is 18.1 Å². The number of piperazine rings is 1. The van der Waals surface area contributed by atoms with Crippen LogP contribution in [0.4, 0.5) is 10.3 Å². The molecule has 3 aromatic rings. The summed E-state index contributed by atoms with van der Waals surface area (Å²) in [5, 5.41) is 3.06. The van der Waals surface area contributed by atoms with Gasteiger partial charge in [-0.3, -0.25) is 4.79 Å². The van der Waals surface area contributed by atoms with Gasteiger partial charge in [0.05, 0.1) is 41.8 Å². The fraction of sp³-hybridized carbons (Fsp3) is 0.429. The number of imidazole rings is 1. The molecule has 0 aliphatic carbocycles. The van der Waals surface area contributed by atoms with E-state index in [1.165, 1.54) is 12.1 Å². The monoisotopic (exact) mass is 533 g/mol. The van der Waals surface area contributed by atoms with Crippen LogP contribution in [0.25, 0.3) is 22.6 Å². The molecule has 204 valence electrons. The summed E-state index contributed by atoms with van der Waals surface area (Å²) in [5.74, 6) is 3.05. The predicted octanol–water partition coefficient (Wildman–Crippen LogP) is 2.93. The van der Waals surface area contributed by atoms with Gasteiger partial charge >= 0.3 is 0 Å². The summed E-state index contributed by atoms with van der Waals surface area (Å²) in [6.07, 6.45) is 6.29. The first-order valence-electron chi connectivity index (χ1n) is 12.9. The smallest absolute Gasteiger partial charge is 0.233 e. The minimum Gasteiger partial charge on any atom is -0.345 e. The van der Waals surface area contributed by atoms with Crippen LogP contribution in [0, 0.1) is 23.6 Å². The van der Waals surface area contributed by atoms with Crippen molar-refractivity contribution in [3.05, 3.63) is 48.2 Å². The van der Waals surface area contributed by atoms with E-state index in [0.29, 0.717) is 47.5 Å². The number of terminal acetylenes is 1. The van der Waals surface area contributed by atoms with Crippen molar-refractivity contribution in [2.45, 2.75) is 26.2 Å². The van der Waals surface area contributed by atoms with Crippen LogP contribution < -0.4 is 5.32 Å². The third-order valence-corrected chi connectivity index (χ3v) is 6.98. The lowest BCUT2D eigenvalue weighted by Crippen LogP contribution is -2.55. The van der Waals surface area contributed by atoms with Crippen LogP contribution in [0.1, 0.15) is 26.0 Å². The lowest BCUT2D eigenvalue weighted by Gasteiger charge is -2.41. The zero-order chi connectivity index (χ0) is 27.6. The van der Waals surface area contributed by atoms with Gasteiger partial charge in [0, 0.05) is 37.9 Å².